The molecule has 2 heterocycles. The van der Waals surface area contributed by atoms with Crippen molar-refractivity contribution in [1.29, 1.82) is 0 Å². The summed E-state index contributed by atoms with van der Waals surface area (Å²) in [6.07, 6.45) is -11.3. The van der Waals surface area contributed by atoms with Crippen molar-refractivity contribution in [2.24, 2.45) is 21.5 Å². The van der Waals surface area contributed by atoms with Crippen molar-refractivity contribution in [2.45, 2.75) is 80.5 Å². The highest BCUT2D eigenvalue weighted by Crippen LogP contribution is 2.24. The molecule has 0 radical (unpaired) electrons. The third-order valence-electron chi connectivity index (χ3n) is 7.89. The molecule has 12 N–H and O–H groups in total. The molecular weight excluding hydrogens is 620 g/mol. The molecule has 0 amide bonds. The van der Waals surface area contributed by atoms with Crippen molar-refractivity contribution in [2.75, 3.05) is 26.4 Å². The second-order valence-corrected chi connectivity index (χ2v) is 11.3. The quantitative estimate of drug-likeness (QED) is 0.0560. The van der Waals surface area contributed by atoms with Gasteiger partial charge in [-0.15, -0.1) is 0 Å². The highest BCUT2D eigenvalue weighted by Gasteiger charge is 2.44. The zero-order valence-corrected chi connectivity index (χ0v) is 25.6. The number of aliphatic hydroxyl groups excluding tert-OH is 8. The predicted molar refractivity (Wildman–Crippen MR) is 167 cm³/mol. The van der Waals surface area contributed by atoms with Crippen LogP contribution in [0.2, 0.25) is 0 Å². The second-order valence-electron chi connectivity index (χ2n) is 11.3. The maximum Gasteiger partial charge on any atom is 0.179 e. The normalized spacial score (nSPS) is 31.8. The minimum absolute atomic E-state index is 0.0419. The van der Waals surface area contributed by atoms with Crippen LogP contribution in [0.3, 0.4) is 0 Å². The Morgan fingerprint density at radius 3 is 1.26 bits per heavy atom. The Kier molecular flexibility index (Phi) is 13.3. The maximum atomic E-state index is 10.2. The molecule has 0 unspecified atom stereocenters. The fourth-order valence-electron chi connectivity index (χ4n) is 5.01. The van der Waals surface area contributed by atoms with Crippen LogP contribution in [0.15, 0.2) is 58.5 Å². The van der Waals surface area contributed by atoms with E-state index < -0.39 is 74.5 Å². The Bertz CT molecular complexity index is 1210. The Labute approximate surface area is 271 Å². The van der Waals surface area contributed by atoms with Gasteiger partial charge >= 0.3 is 0 Å². The highest BCUT2D eigenvalue weighted by atomic mass is 16.6. The minimum atomic E-state index is -1.54. The number of unbranched alkanes of at least 4 members (excludes halogenated alkanes) is 2. The average molecular weight is 665 g/mol. The van der Waals surface area contributed by atoms with Gasteiger partial charge in [0.05, 0.1) is 26.4 Å². The summed E-state index contributed by atoms with van der Waals surface area (Å²) in [5, 5.41) is 78.6. The Morgan fingerprint density at radius 2 is 0.915 bits per heavy atom. The van der Waals surface area contributed by atoms with Gasteiger partial charge in [-0.2, -0.15) is 0 Å². The summed E-state index contributed by atoms with van der Waals surface area (Å²) in [5.41, 5.74) is 13.2. The molecule has 0 aromatic heterocycles. The molecule has 2 aliphatic heterocycles. The monoisotopic (exact) mass is 664 g/mol. The highest BCUT2D eigenvalue weighted by molar-refractivity contribution is 5.98. The van der Waals surface area contributed by atoms with Gasteiger partial charge in [0.2, 0.25) is 0 Å². The molecule has 0 aliphatic carbocycles. The Hall–Kier alpha value is -3.42. The molecule has 10 atom stereocenters. The van der Waals surface area contributed by atoms with Crippen LogP contribution in [0.25, 0.3) is 0 Å². The van der Waals surface area contributed by atoms with Gasteiger partial charge < -0.3 is 71.3 Å². The molecule has 4 rings (SSSR count). The molecule has 0 bridgehead atoms. The first-order valence-electron chi connectivity index (χ1n) is 15.3. The summed E-state index contributed by atoms with van der Waals surface area (Å²) in [7, 11) is 0. The van der Waals surface area contributed by atoms with Crippen LogP contribution in [0, 0.1) is 0 Å². The summed E-state index contributed by atoms with van der Waals surface area (Å²) in [6, 6.07) is 13.6. The molecule has 47 heavy (non-hydrogen) atoms. The number of nitrogens with zero attached hydrogens (tertiary/aromatic N) is 2. The standard InChI is InChI=1S/C31H44N4O12/c32-28(34-30-26(42)24(40)22(38)20(14-36)46-30)16-4-8-18(9-5-16)44-12-2-1-3-13-45-19-10-6-17(7-11-19)29(33)35-31-27(43)25(41)23(39)21(15-37)47-31/h4-11,20-27,30-31,36-43H,1-3,12-15H2,(H2,32,34)(H2,33,35)/t20-,21-,22-,23-,24+,25+,26-,27-,30-,31-/m1/s1. The number of benzene rings is 2. The van der Waals surface area contributed by atoms with Gasteiger partial charge in [-0.3, -0.25) is 0 Å². The molecule has 0 saturated carbocycles. The van der Waals surface area contributed by atoms with Crippen LogP contribution in [0.5, 0.6) is 11.5 Å². The van der Waals surface area contributed by atoms with E-state index in [0.29, 0.717) is 35.8 Å². The lowest BCUT2D eigenvalue weighted by Gasteiger charge is -2.38. The largest absolute Gasteiger partial charge is 0.494 e. The van der Waals surface area contributed by atoms with Crippen LogP contribution < -0.4 is 20.9 Å². The van der Waals surface area contributed by atoms with Gasteiger partial charge in [-0.05, 0) is 67.8 Å². The molecule has 2 saturated heterocycles. The van der Waals surface area contributed by atoms with Gasteiger partial charge in [0.15, 0.2) is 12.5 Å². The summed E-state index contributed by atoms with van der Waals surface area (Å²) in [5.74, 6) is 1.33. The molecular formula is C31H44N4O12. The number of hydrogen-bond acceptors (Lipinski definition) is 14. The summed E-state index contributed by atoms with van der Waals surface area (Å²) >= 11 is 0. The van der Waals surface area contributed by atoms with E-state index in [1.54, 1.807) is 48.5 Å². The summed E-state index contributed by atoms with van der Waals surface area (Å²) in [4.78, 5) is 8.23. The second kappa shape index (κ2) is 17.1. The van der Waals surface area contributed by atoms with Crippen LogP contribution in [-0.2, 0) is 9.47 Å². The van der Waals surface area contributed by atoms with E-state index in [4.69, 9.17) is 30.4 Å². The predicted octanol–water partition coefficient (Wildman–Crippen LogP) is -2.67. The van der Waals surface area contributed by atoms with E-state index in [-0.39, 0.29) is 11.7 Å². The number of aliphatic imine (C=N–C) groups is 2. The number of rotatable bonds is 14. The van der Waals surface area contributed by atoms with Gasteiger partial charge in [0, 0.05) is 11.1 Å². The third kappa shape index (κ3) is 9.35. The molecule has 16 heteroatoms. The van der Waals surface area contributed by atoms with E-state index in [1.807, 2.05) is 0 Å². The lowest BCUT2D eigenvalue weighted by molar-refractivity contribution is -0.226. The number of nitrogens with two attached hydrogens (primary N) is 2. The number of aliphatic hydroxyl groups is 8. The van der Waals surface area contributed by atoms with E-state index in [2.05, 4.69) is 9.98 Å². The maximum absolute atomic E-state index is 10.2. The molecule has 16 nitrogen and oxygen atoms in total. The van der Waals surface area contributed by atoms with Crippen molar-refractivity contribution in [1.82, 2.24) is 0 Å². The minimum Gasteiger partial charge on any atom is -0.494 e. The van der Waals surface area contributed by atoms with Crippen molar-refractivity contribution in [3.8, 4) is 11.5 Å². The molecule has 2 fully saturated rings. The zero-order chi connectivity index (χ0) is 34.1. The van der Waals surface area contributed by atoms with Crippen LogP contribution in [0.1, 0.15) is 30.4 Å². The number of ether oxygens (including phenoxy) is 4. The van der Waals surface area contributed by atoms with E-state index in [1.165, 1.54) is 0 Å². The summed E-state index contributed by atoms with van der Waals surface area (Å²) in [6.45, 7) is -0.153. The van der Waals surface area contributed by atoms with E-state index in [0.717, 1.165) is 19.3 Å². The van der Waals surface area contributed by atoms with Gasteiger partial charge in [0.1, 0.15) is 72.0 Å². The summed E-state index contributed by atoms with van der Waals surface area (Å²) < 4.78 is 22.3. The first-order valence-corrected chi connectivity index (χ1v) is 15.3. The lowest BCUT2D eigenvalue weighted by Crippen LogP contribution is -2.58. The fourth-order valence-corrected chi connectivity index (χ4v) is 5.01. The first kappa shape index (κ1) is 36.4. The van der Waals surface area contributed by atoms with Crippen LogP contribution in [0.4, 0.5) is 0 Å². The fraction of sp³-hybridized carbons (Fsp3) is 0.548. The van der Waals surface area contributed by atoms with Crippen molar-refractivity contribution >= 4 is 11.7 Å². The number of amidine groups is 2. The van der Waals surface area contributed by atoms with Gasteiger partial charge in [-0.25, -0.2) is 9.98 Å². The zero-order valence-electron chi connectivity index (χ0n) is 25.6. The smallest absolute Gasteiger partial charge is 0.179 e. The number of hydrogen-bond donors (Lipinski definition) is 10. The topological polar surface area (TPSA) is 276 Å². The lowest BCUT2D eigenvalue weighted by atomic mass is 9.98. The molecule has 260 valence electrons. The molecule has 0 spiro atoms. The molecule has 2 aromatic carbocycles. The Morgan fingerprint density at radius 1 is 0.553 bits per heavy atom. The first-order chi connectivity index (χ1) is 22.5. The molecule has 2 aliphatic rings. The van der Waals surface area contributed by atoms with Crippen LogP contribution in [-0.4, -0.2) is 140 Å². The average Bonchev–Trinajstić information content (AvgIpc) is 3.08. The van der Waals surface area contributed by atoms with Crippen molar-refractivity contribution in [3.05, 3.63) is 59.7 Å². The SMILES string of the molecule is N/C(=N\[C@@H]1O[C@H](CO)[C@@H](O)[C@H](O)[C@H]1O)c1ccc(OCCCCCOc2ccc(/C(N)=N/[C@@H]3O[C@H](CO)[C@@H](O)[C@H](O)[C@H]3O)cc2)cc1. The Balaban J connectivity index is 1.15. The van der Waals surface area contributed by atoms with Crippen molar-refractivity contribution < 1.29 is 59.8 Å². The van der Waals surface area contributed by atoms with E-state index in [9.17, 15) is 40.9 Å². The van der Waals surface area contributed by atoms with Gasteiger partial charge in [-0.1, -0.05) is 0 Å². The van der Waals surface area contributed by atoms with E-state index >= 15 is 0 Å². The molecule has 2 aromatic rings. The van der Waals surface area contributed by atoms with Gasteiger partial charge in [0.25, 0.3) is 0 Å². The third-order valence-corrected chi connectivity index (χ3v) is 7.89. The van der Waals surface area contributed by atoms with Crippen LogP contribution >= 0.6 is 0 Å². The van der Waals surface area contributed by atoms with Crippen molar-refractivity contribution in [3.63, 3.8) is 0 Å².